The Balaban J connectivity index is 2.71. The lowest BCUT2D eigenvalue weighted by atomic mass is 9.85. The van der Waals surface area contributed by atoms with Crippen LogP contribution < -0.4 is 5.56 Å². The zero-order valence-electron chi connectivity index (χ0n) is 14.2. The maximum Gasteiger partial charge on any atom is 0.275 e. The summed E-state index contributed by atoms with van der Waals surface area (Å²) in [6.07, 6.45) is 0. The molecule has 0 aliphatic rings. The van der Waals surface area contributed by atoms with Crippen molar-refractivity contribution in [3.05, 3.63) is 50.9 Å². The van der Waals surface area contributed by atoms with Gasteiger partial charge in [-0.3, -0.25) is 9.89 Å². The molecule has 2 rings (SSSR count). The van der Waals surface area contributed by atoms with Crippen LogP contribution in [0.4, 0.5) is 0 Å². The van der Waals surface area contributed by atoms with Crippen LogP contribution in [0.25, 0.3) is 5.69 Å². The third-order valence-electron chi connectivity index (χ3n) is 3.99. The lowest BCUT2D eigenvalue weighted by Crippen LogP contribution is -2.25. The van der Waals surface area contributed by atoms with E-state index in [-0.39, 0.29) is 11.0 Å². The van der Waals surface area contributed by atoms with Gasteiger partial charge in [0.05, 0.1) is 5.69 Å². The molecule has 0 saturated carbocycles. The van der Waals surface area contributed by atoms with Crippen LogP contribution in [0.5, 0.6) is 0 Å². The fourth-order valence-electron chi connectivity index (χ4n) is 2.64. The van der Waals surface area contributed by atoms with Crippen molar-refractivity contribution >= 4 is 0 Å². The van der Waals surface area contributed by atoms with Crippen LogP contribution in [0, 0.1) is 13.8 Å². The van der Waals surface area contributed by atoms with E-state index in [1.165, 1.54) is 11.1 Å². The zero-order chi connectivity index (χ0) is 15.9. The molecule has 0 aliphatic carbocycles. The Morgan fingerprint density at radius 3 is 2.14 bits per heavy atom. The molecule has 0 saturated heterocycles. The van der Waals surface area contributed by atoms with Crippen molar-refractivity contribution in [2.45, 2.75) is 59.8 Å². The molecule has 1 N–H and O–H groups in total. The zero-order valence-corrected chi connectivity index (χ0v) is 14.2. The molecule has 114 valence electrons. The van der Waals surface area contributed by atoms with Gasteiger partial charge in [-0.05, 0) is 48.4 Å². The summed E-state index contributed by atoms with van der Waals surface area (Å²) in [5.74, 6) is 0.291. The van der Waals surface area contributed by atoms with E-state index in [2.05, 4.69) is 65.7 Å². The van der Waals surface area contributed by atoms with Crippen molar-refractivity contribution < 1.29 is 0 Å². The first kappa shape index (κ1) is 15.6. The number of aromatic amines is 1. The molecule has 0 radical (unpaired) electrons. The van der Waals surface area contributed by atoms with Gasteiger partial charge in [-0.2, -0.15) is 0 Å². The molecule has 1 aromatic carbocycles. The number of aromatic nitrogens is 2. The summed E-state index contributed by atoms with van der Waals surface area (Å²) in [5, 5.41) is 3.32. The van der Waals surface area contributed by atoms with Gasteiger partial charge in [-0.1, -0.05) is 40.7 Å². The average molecular weight is 286 g/mol. The van der Waals surface area contributed by atoms with Crippen LogP contribution in [-0.4, -0.2) is 9.78 Å². The van der Waals surface area contributed by atoms with Crippen LogP contribution in [0.15, 0.2) is 23.0 Å². The van der Waals surface area contributed by atoms with Crippen LogP contribution in [0.2, 0.25) is 0 Å². The normalized spacial score (nSPS) is 12.2. The van der Waals surface area contributed by atoms with E-state index in [1.807, 2.05) is 6.07 Å². The fourth-order valence-corrected chi connectivity index (χ4v) is 2.64. The van der Waals surface area contributed by atoms with Crippen LogP contribution in [-0.2, 0) is 5.41 Å². The summed E-state index contributed by atoms with van der Waals surface area (Å²) in [4.78, 5) is 12.9. The van der Waals surface area contributed by atoms with Gasteiger partial charge in [0.1, 0.15) is 0 Å². The summed E-state index contributed by atoms with van der Waals surface area (Å²) in [5.41, 5.74) is 5.14. The molecule has 0 bridgehead atoms. The first-order valence-electron chi connectivity index (χ1n) is 7.56. The van der Waals surface area contributed by atoms with Gasteiger partial charge in [0.15, 0.2) is 0 Å². The molecule has 21 heavy (non-hydrogen) atoms. The second-order valence-corrected chi connectivity index (χ2v) is 7.21. The maximum absolute atomic E-state index is 12.9. The Labute approximate surface area is 127 Å². The van der Waals surface area contributed by atoms with Gasteiger partial charge in [-0.15, -0.1) is 0 Å². The Hall–Kier alpha value is -1.77. The van der Waals surface area contributed by atoms with Gasteiger partial charge in [0.2, 0.25) is 0 Å². The second-order valence-electron chi connectivity index (χ2n) is 7.21. The summed E-state index contributed by atoms with van der Waals surface area (Å²) >= 11 is 0. The first-order chi connectivity index (χ1) is 9.62. The molecule has 3 nitrogen and oxygen atoms in total. The molecule has 0 spiro atoms. The minimum Gasteiger partial charge on any atom is -0.294 e. The number of hydrogen-bond donors (Lipinski definition) is 1. The van der Waals surface area contributed by atoms with Gasteiger partial charge >= 0.3 is 0 Å². The van der Waals surface area contributed by atoms with E-state index >= 15 is 0 Å². The molecule has 1 aromatic heterocycles. The monoisotopic (exact) mass is 286 g/mol. The highest BCUT2D eigenvalue weighted by Gasteiger charge is 2.27. The first-order valence-corrected chi connectivity index (χ1v) is 7.56. The lowest BCUT2D eigenvalue weighted by molar-refractivity contribution is 0.572. The van der Waals surface area contributed by atoms with E-state index in [9.17, 15) is 4.79 Å². The smallest absolute Gasteiger partial charge is 0.275 e. The summed E-state index contributed by atoms with van der Waals surface area (Å²) < 4.78 is 1.68. The van der Waals surface area contributed by atoms with E-state index in [4.69, 9.17) is 0 Å². The largest absolute Gasteiger partial charge is 0.294 e. The topological polar surface area (TPSA) is 37.8 Å². The van der Waals surface area contributed by atoms with E-state index in [1.54, 1.807) is 4.68 Å². The Bertz CT molecular complexity index is 712. The standard InChI is InChI=1S/C18H26N2O/c1-11(2)16-15(18(5,6)7)17(21)20(19-16)14-9-8-12(3)13(4)10-14/h8-11,19H,1-7H3. The highest BCUT2D eigenvalue weighted by Crippen LogP contribution is 2.27. The second kappa shape index (κ2) is 5.21. The number of rotatable bonds is 2. The summed E-state index contributed by atoms with van der Waals surface area (Å²) in [7, 11) is 0. The van der Waals surface area contributed by atoms with Gasteiger partial charge < -0.3 is 0 Å². The maximum atomic E-state index is 12.9. The highest BCUT2D eigenvalue weighted by atomic mass is 16.1. The third kappa shape index (κ3) is 2.82. The minimum atomic E-state index is -0.168. The predicted octanol–water partition coefficient (Wildman–Crippen LogP) is 4.20. The third-order valence-corrected chi connectivity index (χ3v) is 3.99. The SMILES string of the molecule is Cc1ccc(-n2[nH]c(C(C)C)c(C(C)(C)C)c2=O)cc1C. The molecular formula is C18H26N2O. The van der Waals surface area contributed by atoms with E-state index in [0.29, 0.717) is 5.92 Å². The molecule has 0 amide bonds. The number of nitrogens with one attached hydrogen (secondary N) is 1. The fraction of sp³-hybridized carbons (Fsp3) is 0.500. The Kier molecular flexibility index (Phi) is 3.87. The average Bonchev–Trinajstić information content (AvgIpc) is 2.70. The van der Waals surface area contributed by atoms with E-state index < -0.39 is 0 Å². The van der Waals surface area contributed by atoms with Crippen LogP contribution >= 0.6 is 0 Å². The highest BCUT2D eigenvalue weighted by molar-refractivity contribution is 5.41. The van der Waals surface area contributed by atoms with Crippen molar-refractivity contribution in [3.63, 3.8) is 0 Å². The number of benzene rings is 1. The van der Waals surface area contributed by atoms with Crippen LogP contribution in [0.3, 0.4) is 0 Å². The molecule has 0 fully saturated rings. The number of H-pyrrole nitrogens is 1. The lowest BCUT2D eigenvalue weighted by Gasteiger charge is -2.18. The van der Waals surface area contributed by atoms with Gasteiger partial charge in [0.25, 0.3) is 5.56 Å². The number of hydrogen-bond acceptors (Lipinski definition) is 1. The molecule has 0 aliphatic heterocycles. The molecule has 0 unspecified atom stereocenters. The molecule has 0 atom stereocenters. The quantitative estimate of drug-likeness (QED) is 0.882. The molecule has 1 heterocycles. The Morgan fingerprint density at radius 1 is 1.10 bits per heavy atom. The van der Waals surface area contributed by atoms with Crippen molar-refractivity contribution in [2.75, 3.05) is 0 Å². The predicted molar refractivity (Wildman–Crippen MR) is 88.7 cm³/mol. The Morgan fingerprint density at radius 2 is 1.71 bits per heavy atom. The molecule has 3 heteroatoms. The van der Waals surface area contributed by atoms with Crippen LogP contribution in [0.1, 0.15) is 62.9 Å². The summed E-state index contributed by atoms with van der Waals surface area (Å²) in [6, 6.07) is 6.12. The number of aryl methyl sites for hydroxylation is 2. The minimum absolute atomic E-state index is 0.0643. The summed E-state index contributed by atoms with van der Waals surface area (Å²) in [6.45, 7) is 14.7. The number of nitrogens with zero attached hydrogens (tertiary/aromatic N) is 1. The van der Waals surface area contributed by atoms with Crippen molar-refractivity contribution in [1.29, 1.82) is 0 Å². The molecular weight excluding hydrogens is 260 g/mol. The van der Waals surface area contributed by atoms with Gasteiger partial charge in [-0.25, -0.2) is 4.68 Å². The molecule has 2 aromatic rings. The van der Waals surface area contributed by atoms with Gasteiger partial charge in [0, 0.05) is 11.3 Å². The van der Waals surface area contributed by atoms with Crippen molar-refractivity contribution in [2.24, 2.45) is 0 Å². The van der Waals surface area contributed by atoms with Crippen molar-refractivity contribution in [1.82, 2.24) is 9.78 Å². The van der Waals surface area contributed by atoms with Crippen molar-refractivity contribution in [3.8, 4) is 5.69 Å². The van der Waals surface area contributed by atoms with E-state index in [0.717, 1.165) is 16.9 Å².